The van der Waals surface area contributed by atoms with Crippen LogP contribution in [-0.2, 0) is 11.2 Å². The SMILES string of the molecule is CCCN1CCN(C(C(=O)O)c2ccc(CC)cc2)C(C)C1. The minimum Gasteiger partial charge on any atom is -0.480 e. The van der Waals surface area contributed by atoms with Gasteiger partial charge in [-0.2, -0.15) is 0 Å². The van der Waals surface area contributed by atoms with Crippen molar-refractivity contribution < 1.29 is 9.90 Å². The number of aliphatic carboxylic acids is 1. The minimum atomic E-state index is -0.750. The molecule has 122 valence electrons. The van der Waals surface area contributed by atoms with E-state index in [1.54, 1.807) is 0 Å². The molecule has 1 saturated heterocycles. The number of carboxylic acids is 1. The first-order chi connectivity index (χ1) is 10.6. The number of carboxylic acid groups (broad SMARTS) is 1. The third-order valence-electron chi connectivity index (χ3n) is 4.57. The van der Waals surface area contributed by atoms with Gasteiger partial charge in [0.05, 0.1) is 0 Å². The van der Waals surface area contributed by atoms with Crippen LogP contribution in [0.15, 0.2) is 24.3 Å². The molecule has 0 aliphatic carbocycles. The van der Waals surface area contributed by atoms with E-state index in [9.17, 15) is 9.90 Å². The lowest BCUT2D eigenvalue weighted by Gasteiger charge is -2.42. The van der Waals surface area contributed by atoms with E-state index in [0.29, 0.717) is 0 Å². The molecule has 1 aromatic rings. The first-order valence-electron chi connectivity index (χ1n) is 8.36. The summed E-state index contributed by atoms with van der Waals surface area (Å²) in [5.74, 6) is -0.750. The van der Waals surface area contributed by atoms with Gasteiger partial charge in [0.2, 0.25) is 0 Å². The third-order valence-corrected chi connectivity index (χ3v) is 4.57. The topological polar surface area (TPSA) is 43.8 Å². The van der Waals surface area contributed by atoms with Crippen LogP contribution in [0.1, 0.15) is 44.4 Å². The molecule has 0 bridgehead atoms. The van der Waals surface area contributed by atoms with Crippen LogP contribution < -0.4 is 0 Å². The van der Waals surface area contributed by atoms with Crippen LogP contribution in [0.2, 0.25) is 0 Å². The number of hydrogen-bond acceptors (Lipinski definition) is 3. The zero-order valence-corrected chi connectivity index (χ0v) is 14.0. The number of rotatable bonds is 6. The van der Waals surface area contributed by atoms with Crippen molar-refractivity contribution in [1.82, 2.24) is 9.80 Å². The summed E-state index contributed by atoms with van der Waals surface area (Å²) in [6.07, 6.45) is 2.12. The van der Waals surface area contributed by atoms with Crippen molar-refractivity contribution >= 4 is 5.97 Å². The Morgan fingerprint density at radius 1 is 1.27 bits per heavy atom. The molecule has 2 atom stereocenters. The zero-order valence-electron chi connectivity index (χ0n) is 14.0. The van der Waals surface area contributed by atoms with Crippen molar-refractivity contribution in [2.24, 2.45) is 0 Å². The van der Waals surface area contributed by atoms with Crippen molar-refractivity contribution in [3.8, 4) is 0 Å². The highest BCUT2D eigenvalue weighted by Crippen LogP contribution is 2.26. The Balaban J connectivity index is 2.15. The second-order valence-corrected chi connectivity index (χ2v) is 6.22. The van der Waals surface area contributed by atoms with E-state index in [2.05, 4.69) is 30.6 Å². The molecule has 2 rings (SSSR count). The molecular formula is C18H28N2O2. The minimum absolute atomic E-state index is 0.257. The predicted octanol–water partition coefficient (Wildman–Crippen LogP) is 2.79. The average Bonchev–Trinajstić information content (AvgIpc) is 2.50. The van der Waals surface area contributed by atoms with Gasteiger partial charge in [-0.25, -0.2) is 0 Å². The predicted molar refractivity (Wildman–Crippen MR) is 89.1 cm³/mol. The number of benzene rings is 1. The summed E-state index contributed by atoms with van der Waals surface area (Å²) in [5.41, 5.74) is 2.13. The van der Waals surface area contributed by atoms with E-state index < -0.39 is 12.0 Å². The molecule has 4 heteroatoms. The van der Waals surface area contributed by atoms with Gasteiger partial charge in [0, 0.05) is 25.7 Å². The number of piperazine rings is 1. The van der Waals surface area contributed by atoms with Gasteiger partial charge in [-0.3, -0.25) is 9.69 Å². The lowest BCUT2D eigenvalue weighted by atomic mass is 10.00. The lowest BCUT2D eigenvalue weighted by molar-refractivity contribution is -0.145. The van der Waals surface area contributed by atoms with Crippen molar-refractivity contribution in [3.63, 3.8) is 0 Å². The molecule has 1 heterocycles. The van der Waals surface area contributed by atoms with Crippen molar-refractivity contribution in [2.75, 3.05) is 26.2 Å². The van der Waals surface area contributed by atoms with Crippen LogP contribution in [-0.4, -0.2) is 53.1 Å². The fraction of sp³-hybridized carbons (Fsp3) is 0.611. The largest absolute Gasteiger partial charge is 0.480 e. The van der Waals surface area contributed by atoms with E-state index in [4.69, 9.17) is 0 Å². The Morgan fingerprint density at radius 3 is 2.45 bits per heavy atom. The summed E-state index contributed by atoms with van der Waals surface area (Å²) in [7, 11) is 0. The third kappa shape index (κ3) is 3.87. The first kappa shape index (κ1) is 17.0. The van der Waals surface area contributed by atoms with Gasteiger partial charge in [0.25, 0.3) is 0 Å². The molecule has 22 heavy (non-hydrogen) atoms. The zero-order chi connectivity index (χ0) is 16.1. The molecule has 1 aromatic carbocycles. The molecule has 1 aliphatic heterocycles. The molecule has 0 saturated carbocycles. The van der Waals surface area contributed by atoms with Gasteiger partial charge in [-0.1, -0.05) is 38.1 Å². The summed E-state index contributed by atoms with van der Waals surface area (Å²) in [6.45, 7) is 10.2. The van der Waals surface area contributed by atoms with Gasteiger partial charge < -0.3 is 10.0 Å². The maximum absolute atomic E-state index is 11.9. The summed E-state index contributed by atoms with van der Waals surface area (Å²) < 4.78 is 0. The molecule has 0 amide bonds. The Morgan fingerprint density at radius 2 is 1.95 bits per heavy atom. The van der Waals surface area contributed by atoms with E-state index in [0.717, 1.165) is 44.6 Å². The van der Waals surface area contributed by atoms with Crippen molar-refractivity contribution in [1.29, 1.82) is 0 Å². The average molecular weight is 304 g/mol. The Bertz CT molecular complexity index is 486. The Labute approximate surface area is 133 Å². The molecule has 4 nitrogen and oxygen atoms in total. The Hall–Kier alpha value is -1.39. The molecule has 0 radical (unpaired) electrons. The van der Waals surface area contributed by atoms with Crippen molar-refractivity contribution in [2.45, 2.75) is 45.7 Å². The second-order valence-electron chi connectivity index (χ2n) is 6.22. The number of aryl methyl sites for hydroxylation is 1. The van der Waals surface area contributed by atoms with E-state index in [1.807, 2.05) is 24.3 Å². The highest BCUT2D eigenvalue weighted by atomic mass is 16.4. The van der Waals surface area contributed by atoms with E-state index in [1.165, 1.54) is 5.56 Å². The molecular weight excluding hydrogens is 276 g/mol. The number of carbonyl (C=O) groups is 1. The molecule has 2 unspecified atom stereocenters. The Kier molecular flexibility index (Phi) is 5.98. The van der Waals surface area contributed by atoms with Crippen molar-refractivity contribution in [3.05, 3.63) is 35.4 Å². The normalized spacial score (nSPS) is 21.7. The first-order valence-corrected chi connectivity index (χ1v) is 8.36. The number of hydrogen-bond donors (Lipinski definition) is 1. The highest BCUT2D eigenvalue weighted by molar-refractivity contribution is 5.75. The highest BCUT2D eigenvalue weighted by Gasteiger charge is 2.34. The van der Waals surface area contributed by atoms with Gasteiger partial charge in [0.15, 0.2) is 0 Å². The van der Waals surface area contributed by atoms with Crippen LogP contribution in [0.4, 0.5) is 0 Å². The van der Waals surface area contributed by atoms with Gasteiger partial charge in [0.1, 0.15) is 6.04 Å². The van der Waals surface area contributed by atoms with Gasteiger partial charge in [-0.05, 0) is 37.4 Å². The fourth-order valence-corrected chi connectivity index (χ4v) is 3.36. The summed E-state index contributed by atoms with van der Waals surface area (Å²) in [4.78, 5) is 16.4. The van der Waals surface area contributed by atoms with Crippen LogP contribution in [0, 0.1) is 0 Å². The molecule has 1 aliphatic rings. The molecule has 0 aromatic heterocycles. The van der Waals surface area contributed by atoms with E-state index in [-0.39, 0.29) is 6.04 Å². The standard InChI is InChI=1S/C18H28N2O2/c1-4-10-19-11-12-20(14(3)13-19)17(18(21)22)16-8-6-15(5-2)7-9-16/h6-9,14,17H,4-5,10-13H2,1-3H3,(H,21,22). The van der Waals surface area contributed by atoms with E-state index >= 15 is 0 Å². The summed E-state index contributed by atoms with van der Waals surface area (Å²) >= 11 is 0. The molecule has 1 N–H and O–H groups in total. The summed E-state index contributed by atoms with van der Waals surface area (Å²) in [6, 6.07) is 7.76. The monoisotopic (exact) mass is 304 g/mol. The van der Waals surface area contributed by atoms with Crippen LogP contribution in [0.25, 0.3) is 0 Å². The van der Waals surface area contributed by atoms with Crippen LogP contribution in [0.3, 0.4) is 0 Å². The second kappa shape index (κ2) is 7.75. The maximum Gasteiger partial charge on any atom is 0.325 e. The fourth-order valence-electron chi connectivity index (χ4n) is 3.36. The quantitative estimate of drug-likeness (QED) is 0.877. The van der Waals surface area contributed by atoms with Gasteiger partial charge in [-0.15, -0.1) is 0 Å². The van der Waals surface area contributed by atoms with Gasteiger partial charge >= 0.3 is 5.97 Å². The lowest BCUT2D eigenvalue weighted by Crippen LogP contribution is -2.54. The summed E-state index contributed by atoms with van der Waals surface area (Å²) in [5, 5.41) is 9.74. The number of nitrogens with zero attached hydrogens (tertiary/aromatic N) is 2. The smallest absolute Gasteiger partial charge is 0.325 e. The molecule has 1 fully saturated rings. The van der Waals surface area contributed by atoms with Crippen LogP contribution in [0.5, 0.6) is 0 Å². The molecule has 0 spiro atoms. The van der Waals surface area contributed by atoms with Crippen LogP contribution >= 0.6 is 0 Å². The maximum atomic E-state index is 11.9.